The van der Waals surface area contributed by atoms with Crippen molar-refractivity contribution in [2.75, 3.05) is 0 Å². The van der Waals surface area contributed by atoms with E-state index in [1.54, 1.807) is 0 Å². The molecule has 0 amide bonds. The Balaban J connectivity index is 0. The molecule has 0 spiro atoms. The molecule has 0 aromatic rings. The number of aliphatic hydroxyl groups is 2. The van der Waals surface area contributed by atoms with Crippen molar-refractivity contribution in [1.82, 2.24) is 0 Å². The Morgan fingerprint density at radius 2 is 0.893 bits per heavy atom. The second-order valence-corrected chi connectivity index (χ2v) is 8.07. The lowest BCUT2D eigenvalue weighted by atomic mass is 10.0. The summed E-state index contributed by atoms with van der Waals surface area (Å²) in [4.78, 5) is 10.3. The molecule has 0 aromatic heterocycles. The Labute approximate surface area is 175 Å². The van der Waals surface area contributed by atoms with E-state index < -0.39 is 12.3 Å². The third-order valence-corrected chi connectivity index (χ3v) is 5.06. The van der Waals surface area contributed by atoms with Crippen LogP contribution < -0.4 is 0 Å². The summed E-state index contributed by atoms with van der Waals surface area (Å²) in [5, 5.41) is 25.2. The standard InChI is InChI=1S/C18H36O2.C6H14O2/c1-2-3-4-5-6-7-8-9-10-11-12-13-14-15-16-17-18(19)20;1-2-3-4-5-6(7)8/h2-17H2,1H3,(H,19,20);6-8H,2-5H2,1H3. The lowest BCUT2D eigenvalue weighted by Gasteiger charge is -2.03. The molecule has 0 aliphatic rings. The predicted octanol–water partition coefficient (Wildman–Crippen LogP) is 7.21. The Hall–Kier alpha value is -0.610. The molecule has 0 aromatic carbocycles. The van der Waals surface area contributed by atoms with Gasteiger partial charge in [0.2, 0.25) is 0 Å². The zero-order valence-corrected chi connectivity index (χ0v) is 19.0. The number of carbonyl (C=O) groups is 1. The van der Waals surface area contributed by atoms with Crippen molar-refractivity contribution >= 4 is 5.97 Å². The molecule has 0 aliphatic heterocycles. The van der Waals surface area contributed by atoms with Crippen molar-refractivity contribution in [3.63, 3.8) is 0 Å². The molecule has 3 N–H and O–H groups in total. The van der Waals surface area contributed by atoms with Gasteiger partial charge in [0.25, 0.3) is 0 Å². The summed E-state index contributed by atoms with van der Waals surface area (Å²) in [5.74, 6) is -0.653. The van der Waals surface area contributed by atoms with E-state index in [2.05, 4.69) is 13.8 Å². The largest absolute Gasteiger partial charge is 0.481 e. The highest BCUT2D eigenvalue weighted by atomic mass is 16.5. The van der Waals surface area contributed by atoms with Gasteiger partial charge in [0.15, 0.2) is 6.29 Å². The molecule has 4 nitrogen and oxygen atoms in total. The molecule has 28 heavy (non-hydrogen) atoms. The van der Waals surface area contributed by atoms with Crippen molar-refractivity contribution in [3.05, 3.63) is 0 Å². The van der Waals surface area contributed by atoms with Gasteiger partial charge in [-0.3, -0.25) is 4.79 Å². The monoisotopic (exact) mass is 402 g/mol. The van der Waals surface area contributed by atoms with Crippen LogP contribution in [0, 0.1) is 0 Å². The van der Waals surface area contributed by atoms with Crippen molar-refractivity contribution in [2.24, 2.45) is 0 Å². The fourth-order valence-corrected chi connectivity index (χ4v) is 3.22. The van der Waals surface area contributed by atoms with Crippen molar-refractivity contribution < 1.29 is 20.1 Å². The topological polar surface area (TPSA) is 77.8 Å². The van der Waals surface area contributed by atoms with Gasteiger partial charge in [-0.25, -0.2) is 0 Å². The molecule has 0 rings (SSSR count). The normalized spacial score (nSPS) is 10.8. The number of aliphatic carboxylic acids is 1. The summed E-state index contributed by atoms with van der Waals surface area (Å²) >= 11 is 0. The molecule has 4 heteroatoms. The zero-order valence-electron chi connectivity index (χ0n) is 19.0. The number of hydrogen-bond acceptors (Lipinski definition) is 3. The molecule has 0 fully saturated rings. The third-order valence-electron chi connectivity index (χ3n) is 5.06. The van der Waals surface area contributed by atoms with E-state index in [-0.39, 0.29) is 0 Å². The quantitative estimate of drug-likeness (QED) is 0.148. The maximum atomic E-state index is 10.3. The van der Waals surface area contributed by atoms with Gasteiger partial charge >= 0.3 is 5.97 Å². The lowest BCUT2D eigenvalue weighted by Crippen LogP contribution is -2.02. The van der Waals surface area contributed by atoms with Crippen molar-refractivity contribution in [1.29, 1.82) is 0 Å². The Bertz CT molecular complexity index is 292. The van der Waals surface area contributed by atoms with Gasteiger partial charge in [0.05, 0.1) is 0 Å². The minimum Gasteiger partial charge on any atom is -0.481 e. The predicted molar refractivity (Wildman–Crippen MR) is 120 cm³/mol. The molecule has 0 saturated carbocycles. The second-order valence-electron chi connectivity index (χ2n) is 8.07. The average Bonchev–Trinajstić information content (AvgIpc) is 2.65. The molecule has 170 valence electrons. The average molecular weight is 403 g/mol. The molecular weight excluding hydrogens is 352 g/mol. The van der Waals surface area contributed by atoms with Crippen LogP contribution in [0.2, 0.25) is 0 Å². The van der Waals surface area contributed by atoms with Crippen LogP contribution in [0.3, 0.4) is 0 Å². The van der Waals surface area contributed by atoms with E-state index in [0.717, 1.165) is 32.1 Å². The number of carboxylic acids is 1. The van der Waals surface area contributed by atoms with Gasteiger partial charge < -0.3 is 15.3 Å². The van der Waals surface area contributed by atoms with Crippen LogP contribution >= 0.6 is 0 Å². The van der Waals surface area contributed by atoms with E-state index in [9.17, 15) is 4.79 Å². The molecule has 0 radical (unpaired) electrons. The minimum atomic E-state index is -1.10. The molecule has 0 atom stereocenters. The van der Waals surface area contributed by atoms with Crippen LogP contribution in [0.15, 0.2) is 0 Å². The fraction of sp³-hybridized carbons (Fsp3) is 0.958. The highest BCUT2D eigenvalue weighted by molar-refractivity contribution is 5.66. The number of hydrogen-bond donors (Lipinski definition) is 3. The van der Waals surface area contributed by atoms with Crippen LogP contribution in [0.5, 0.6) is 0 Å². The summed E-state index contributed by atoms with van der Waals surface area (Å²) in [6, 6.07) is 0. The second kappa shape index (κ2) is 26.4. The lowest BCUT2D eigenvalue weighted by molar-refractivity contribution is -0.137. The van der Waals surface area contributed by atoms with Gasteiger partial charge in [0, 0.05) is 6.42 Å². The minimum absolute atomic E-state index is 0.345. The van der Waals surface area contributed by atoms with E-state index in [1.165, 1.54) is 83.5 Å². The van der Waals surface area contributed by atoms with Crippen LogP contribution in [-0.4, -0.2) is 27.6 Å². The van der Waals surface area contributed by atoms with Gasteiger partial charge in [-0.05, 0) is 19.3 Å². The smallest absolute Gasteiger partial charge is 0.303 e. The molecular formula is C24H50O4. The zero-order chi connectivity index (χ0) is 21.3. The number of carboxylic acid groups (broad SMARTS) is 1. The number of rotatable bonds is 20. The van der Waals surface area contributed by atoms with Gasteiger partial charge in [-0.15, -0.1) is 0 Å². The van der Waals surface area contributed by atoms with E-state index >= 15 is 0 Å². The SMILES string of the molecule is CCCCCC(O)O.CCCCCCCCCCCCCCCCCC(=O)O. The third kappa shape index (κ3) is 33.0. The number of aliphatic hydroxyl groups excluding tert-OH is 1. The van der Waals surface area contributed by atoms with Crippen molar-refractivity contribution in [2.45, 2.75) is 149 Å². The van der Waals surface area contributed by atoms with E-state index in [1.807, 2.05) is 0 Å². The Kier molecular flexibility index (Phi) is 27.9. The maximum absolute atomic E-state index is 10.3. The van der Waals surface area contributed by atoms with Crippen LogP contribution in [-0.2, 0) is 4.79 Å². The first-order valence-electron chi connectivity index (χ1n) is 12.1. The van der Waals surface area contributed by atoms with Crippen molar-refractivity contribution in [3.8, 4) is 0 Å². The first-order valence-corrected chi connectivity index (χ1v) is 12.1. The molecule has 0 saturated heterocycles. The first kappa shape index (κ1) is 29.6. The summed E-state index contributed by atoms with van der Waals surface area (Å²) in [5.41, 5.74) is 0. The molecule has 0 bridgehead atoms. The van der Waals surface area contributed by atoms with Crippen LogP contribution in [0.1, 0.15) is 142 Å². The highest BCUT2D eigenvalue weighted by Gasteiger charge is 1.97. The van der Waals surface area contributed by atoms with E-state index in [4.69, 9.17) is 15.3 Å². The first-order chi connectivity index (χ1) is 13.5. The highest BCUT2D eigenvalue weighted by Crippen LogP contribution is 2.13. The maximum Gasteiger partial charge on any atom is 0.303 e. The molecule has 0 aliphatic carbocycles. The fourth-order valence-electron chi connectivity index (χ4n) is 3.22. The number of unbranched alkanes of at least 4 members (excludes halogenated alkanes) is 16. The Morgan fingerprint density at radius 1 is 0.571 bits per heavy atom. The Morgan fingerprint density at radius 3 is 1.21 bits per heavy atom. The summed E-state index contributed by atoms with van der Waals surface area (Å²) in [7, 11) is 0. The summed E-state index contributed by atoms with van der Waals surface area (Å²) < 4.78 is 0. The van der Waals surface area contributed by atoms with Gasteiger partial charge in [-0.2, -0.15) is 0 Å². The summed E-state index contributed by atoms with van der Waals surface area (Å²) in [6.45, 7) is 4.36. The van der Waals surface area contributed by atoms with Gasteiger partial charge in [0.1, 0.15) is 0 Å². The summed E-state index contributed by atoms with van der Waals surface area (Å²) in [6.07, 6.45) is 22.8. The van der Waals surface area contributed by atoms with Crippen LogP contribution in [0.25, 0.3) is 0 Å². The molecule has 0 unspecified atom stereocenters. The molecule has 0 heterocycles. The van der Waals surface area contributed by atoms with Gasteiger partial charge in [-0.1, -0.05) is 117 Å². The van der Waals surface area contributed by atoms with Crippen LogP contribution in [0.4, 0.5) is 0 Å². The van der Waals surface area contributed by atoms with E-state index in [0.29, 0.717) is 12.8 Å².